The molecule has 2 fully saturated rings. The van der Waals surface area contributed by atoms with Gasteiger partial charge in [0, 0.05) is 38.4 Å². The lowest BCUT2D eigenvalue weighted by atomic mass is 9.92. The van der Waals surface area contributed by atoms with Gasteiger partial charge in [-0.15, -0.1) is 5.10 Å². The van der Waals surface area contributed by atoms with Crippen LogP contribution in [0.2, 0.25) is 0 Å². The summed E-state index contributed by atoms with van der Waals surface area (Å²) in [5, 5.41) is 8.89. The average Bonchev–Trinajstić information content (AvgIpc) is 3.34. The number of hydrogen-bond acceptors (Lipinski definition) is 6. The van der Waals surface area contributed by atoms with Crippen molar-refractivity contribution in [3.8, 4) is 0 Å². The first-order valence-corrected chi connectivity index (χ1v) is 12.0. The molecule has 2 atom stereocenters. The van der Waals surface area contributed by atoms with Crippen molar-refractivity contribution >= 4 is 11.7 Å². The van der Waals surface area contributed by atoms with Crippen molar-refractivity contribution in [1.82, 2.24) is 19.9 Å². The van der Waals surface area contributed by atoms with Gasteiger partial charge in [-0.2, -0.15) is 0 Å². The fourth-order valence-corrected chi connectivity index (χ4v) is 4.88. The van der Waals surface area contributed by atoms with Gasteiger partial charge in [-0.25, -0.2) is 9.48 Å². The molecule has 0 N–H and O–H groups in total. The summed E-state index contributed by atoms with van der Waals surface area (Å²) in [6.45, 7) is 4.82. The van der Waals surface area contributed by atoms with Gasteiger partial charge in [0.2, 0.25) is 0 Å². The third kappa shape index (κ3) is 5.25. The van der Waals surface area contributed by atoms with Crippen LogP contribution in [-0.2, 0) is 11.3 Å². The fourth-order valence-electron chi connectivity index (χ4n) is 4.88. The number of ether oxygens (including phenoxy) is 1. The monoisotopic (exact) mass is 445 g/mol. The summed E-state index contributed by atoms with van der Waals surface area (Å²) >= 11 is 0. The molecule has 3 aromatic rings. The summed E-state index contributed by atoms with van der Waals surface area (Å²) in [5.74, 6) is -0.260. The molecule has 7 heteroatoms. The van der Waals surface area contributed by atoms with Crippen LogP contribution < -0.4 is 4.90 Å². The molecule has 7 nitrogen and oxygen atoms in total. The van der Waals surface area contributed by atoms with Crippen LogP contribution in [0, 0.1) is 0 Å². The minimum Gasteiger partial charge on any atom is -0.456 e. The topological polar surface area (TPSA) is 63.5 Å². The van der Waals surface area contributed by atoms with Gasteiger partial charge in [-0.1, -0.05) is 48.0 Å². The number of rotatable bonds is 6. The van der Waals surface area contributed by atoms with Crippen LogP contribution in [0.15, 0.2) is 66.9 Å². The summed E-state index contributed by atoms with van der Waals surface area (Å²) in [6, 6.07) is 19.8. The number of nitrogens with zero attached hydrogens (tertiary/aromatic N) is 5. The number of aromatic nitrogens is 3. The Morgan fingerprint density at radius 3 is 2.36 bits per heavy atom. The van der Waals surface area contributed by atoms with Crippen LogP contribution in [0.4, 0.5) is 5.69 Å². The van der Waals surface area contributed by atoms with E-state index in [1.807, 2.05) is 29.1 Å². The zero-order valence-corrected chi connectivity index (χ0v) is 18.9. The molecule has 172 valence electrons. The molecule has 0 radical (unpaired) electrons. The Kier molecular flexibility index (Phi) is 6.67. The Labute approximate surface area is 195 Å². The van der Waals surface area contributed by atoms with E-state index in [0.29, 0.717) is 5.56 Å². The zero-order valence-electron chi connectivity index (χ0n) is 18.9. The number of piperazine rings is 1. The SMILES string of the molecule is O=C(OC1CCCCC1n1cc(CN2CCN(c3ccccc3)CC2)nn1)c1ccccc1. The van der Waals surface area contributed by atoms with Gasteiger partial charge >= 0.3 is 5.97 Å². The van der Waals surface area contributed by atoms with Crippen LogP contribution in [0.25, 0.3) is 0 Å². The summed E-state index contributed by atoms with van der Waals surface area (Å²) < 4.78 is 7.84. The molecule has 0 amide bonds. The molecule has 33 heavy (non-hydrogen) atoms. The van der Waals surface area contributed by atoms with E-state index in [1.54, 1.807) is 12.1 Å². The molecule has 1 aliphatic heterocycles. The maximum Gasteiger partial charge on any atom is 0.338 e. The Morgan fingerprint density at radius 1 is 0.909 bits per heavy atom. The Balaban J connectivity index is 1.18. The van der Waals surface area contributed by atoms with Gasteiger partial charge in [-0.05, 0) is 43.5 Å². The first kappa shape index (κ1) is 21.6. The molecule has 2 unspecified atom stereocenters. The highest BCUT2D eigenvalue weighted by atomic mass is 16.5. The lowest BCUT2D eigenvalue weighted by molar-refractivity contribution is 0.00176. The average molecular weight is 446 g/mol. The van der Waals surface area contributed by atoms with Crippen molar-refractivity contribution in [2.45, 2.75) is 44.4 Å². The third-order valence-corrected chi connectivity index (χ3v) is 6.71. The van der Waals surface area contributed by atoms with Crippen LogP contribution in [-0.4, -0.2) is 58.1 Å². The Morgan fingerprint density at radius 2 is 1.61 bits per heavy atom. The smallest absolute Gasteiger partial charge is 0.338 e. The lowest BCUT2D eigenvalue weighted by Gasteiger charge is -2.35. The highest BCUT2D eigenvalue weighted by molar-refractivity contribution is 5.89. The number of para-hydroxylation sites is 1. The van der Waals surface area contributed by atoms with E-state index in [1.165, 1.54) is 5.69 Å². The van der Waals surface area contributed by atoms with E-state index in [2.05, 4.69) is 50.4 Å². The Hall–Kier alpha value is -3.19. The molecule has 1 aliphatic carbocycles. The molecule has 1 aromatic heterocycles. The van der Waals surface area contributed by atoms with Crippen molar-refractivity contribution in [3.05, 3.63) is 78.1 Å². The van der Waals surface area contributed by atoms with Gasteiger partial charge in [-0.3, -0.25) is 4.90 Å². The quantitative estimate of drug-likeness (QED) is 0.536. The molecule has 0 bridgehead atoms. The van der Waals surface area contributed by atoms with Gasteiger partial charge in [0.25, 0.3) is 0 Å². The van der Waals surface area contributed by atoms with Gasteiger partial charge in [0.1, 0.15) is 6.10 Å². The first-order valence-electron chi connectivity index (χ1n) is 12.0. The highest BCUT2D eigenvalue weighted by Crippen LogP contribution is 2.31. The predicted molar refractivity (Wildman–Crippen MR) is 127 cm³/mol. The maximum atomic E-state index is 12.6. The maximum absolute atomic E-state index is 12.6. The van der Waals surface area contributed by atoms with E-state index in [0.717, 1.165) is 64.1 Å². The predicted octanol–water partition coefficient (Wildman–Crippen LogP) is 3.94. The largest absolute Gasteiger partial charge is 0.456 e. The fraction of sp³-hybridized carbons (Fsp3) is 0.423. The second-order valence-electron chi connectivity index (χ2n) is 8.95. The lowest BCUT2D eigenvalue weighted by Crippen LogP contribution is -2.46. The molecular weight excluding hydrogens is 414 g/mol. The number of carbonyl (C=O) groups is 1. The summed E-state index contributed by atoms with van der Waals surface area (Å²) in [6.07, 6.45) is 5.86. The molecule has 0 spiro atoms. The number of carbonyl (C=O) groups excluding carboxylic acids is 1. The number of anilines is 1. The van der Waals surface area contributed by atoms with E-state index < -0.39 is 0 Å². The standard InChI is InChI=1S/C26H31N5O2/c32-26(21-9-3-1-4-10-21)33-25-14-8-7-13-24(25)31-20-22(27-28-31)19-29-15-17-30(18-16-29)23-11-5-2-6-12-23/h1-6,9-12,20,24-25H,7-8,13-19H2. The van der Waals surface area contributed by atoms with E-state index >= 15 is 0 Å². The van der Waals surface area contributed by atoms with Crippen molar-refractivity contribution in [2.75, 3.05) is 31.1 Å². The highest BCUT2D eigenvalue weighted by Gasteiger charge is 2.31. The number of hydrogen-bond donors (Lipinski definition) is 0. The van der Waals surface area contributed by atoms with Crippen molar-refractivity contribution < 1.29 is 9.53 Å². The third-order valence-electron chi connectivity index (χ3n) is 6.71. The number of esters is 1. The second-order valence-corrected chi connectivity index (χ2v) is 8.95. The summed E-state index contributed by atoms with van der Waals surface area (Å²) in [7, 11) is 0. The van der Waals surface area contributed by atoms with Gasteiger partial charge in [0.05, 0.1) is 23.5 Å². The Bertz CT molecular complexity index is 1030. The van der Waals surface area contributed by atoms with Gasteiger partial charge < -0.3 is 9.64 Å². The van der Waals surface area contributed by atoms with Crippen LogP contribution in [0.5, 0.6) is 0 Å². The van der Waals surface area contributed by atoms with Crippen molar-refractivity contribution in [1.29, 1.82) is 0 Å². The van der Waals surface area contributed by atoms with Gasteiger partial charge in [0.15, 0.2) is 0 Å². The minimum absolute atomic E-state index is 0.0441. The van der Waals surface area contributed by atoms with Crippen molar-refractivity contribution in [3.63, 3.8) is 0 Å². The molecular formula is C26H31N5O2. The van der Waals surface area contributed by atoms with E-state index in [9.17, 15) is 4.79 Å². The van der Waals surface area contributed by atoms with E-state index in [4.69, 9.17) is 4.74 Å². The second kappa shape index (κ2) is 10.2. The van der Waals surface area contributed by atoms with Crippen LogP contribution >= 0.6 is 0 Å². The summed E-state index contributed by atoms with van der Waals surface area (Å²) in [4.78, 5) is 17.5. The molecule has 2 aromatic carbocycles. The zero-order chi connectivity index (χ0) is 22.5. The molecule has 1 saturated carbocycles. The van der Waals surface area contributed by atoms with Crippen molar-refractivity contribution in [2.24, 2.45) is 0 Å². The molecule has 1 saturated heterocycles. The minimum atomic E-state index is -0.260. The molecule has 2 aliphatic rings. The normalized spacial score (nSPS) is 21.6. The van der Waals surface area contributed by atoms with Crippen LogP contribution in [0.1, 0.15) is 47.8 Å². The molecule has 5 rings (SSSR count). The van der Waals surface area contributed by atoms with Crippen LogP contribution in [0.3, 0.4) is 0 Å². The number of benzene rings is 2. The first-order chi connectivity index (χ1) is 16.3. The summed E-state index contributed by atoms with van der Waals surface area (Å²) in [5.41, 5.74) is 2.86. The molecule has 2 heterocycles. The van der Waals surface area contributed by atoms with E-state index in [-0.39, 0.29) is 18.1 Å².